The monoisotopic (exact) mass is 399 g/mol. The Morgan fingerprint density at radius 1 is 1.00 bits per heavy atom. The highest BCUT2D eigenvalue weighted by atomic mass is 16.5. The maximum absolute atomic E-state index is 12.6. The molecule has 29 heavy (non-hydrogen) atoms. The highest BCUT2D eigenvalue weighted by Crippen LogP contribution is 2.35. The van der Waals surface area contributed by atoms with Crippen molar-refractivity contribution in [3.05, 3.63) is 47.5 Å². The van der Waals surface area contributed by atoms with E-state index < -0.39 is 23.8 Å². The van der Waals surface area contributed by atoms with Crippen LogP contribution in [0.4, 0.5) is 0 Å². The van der Waals surface area contributed by atoms with E-state index in [0.717, 1.165) is 0 Å². The lowest BCUT2D eigenvalue weighted by atomic mass is 9.74. The quantitative estimate of drug-likeness (QED) is 0.398. The summed E-state index contributed by atoms with van der Waals surface area (Å²) in [6, 6.07) is 6.71. The van der Waals surface area contributed by atoms with Crippen molar-refractivity contribution < 1.29 is 28.7 Å². The van der Waals surface area contributed by atoms with Gasteiger partial charge in [0.2, 0.25) is 0 Å². The molecule has 0 fully saturated rings. The summed E-state index contributed by atoms with van der Waals surface area (Å²) in [5.74, 6) is -3.22. The Hall–Kier alpha value is -2.96. The molecular weight excluding hydrogens is 374 g/mol. The van der Waals surface area contributed by atoms with Crippen LogP contribution in [0.3, 0.4) is 0 Å². The van der Waals surface area contributed by atoms with Gasteiger partial charge in [-0.05, 0) is 44.7 Å². The van der Waals surface area contributed by atoms with Crippen molar-refractivity contribution in [1.82, 2.24) is 4.90 Å². The first kappa shape index (κ1) is 20.8. The number of carbonyl (C=O) groups is 4. The van der Waals surface area contributed by atoms with Crippen LogP contribution in [0.25, 0.3) is 0 Å². The van der Waals surface area contributed by atoms with E-state index in [4.69, 9.17) is 9.47 Å². The lowest BCUT2D eigenvalue weighted by Crippen LogP contribution is -2.40. The Morgan fingerprint density at radius 2 is 1.59 bits per heavy atom. The summed E-state index contributed by atoms with van der Waals surface area (Å²) in [5, 5.41) is 0. The predicted octanol–water partition coefficient (Wildman–Crippen LogP) is 2.61. The van der Waals surface area contributed by atoms with Crippen LogP contribution in [0.2, 0.25) is 0 Å². The molecule has 3 unspecified atom stereocenters. The van der Waals surface area contributed by atoms with Gasteiger partial charge in [0, 0.05) is 6.54 Å². The van der Waals surface area contributed by atoms with E-state index in [2.05, 4.69) is 0 Å². The molecule has 2 amide bonds. The number of hydrogen-bond donors (Lipinski definition) is 0. The summed E-state index contributed by atoms with van der Waals surface area (Å²) in [5.41, 5.74) is 0.783. The molecule has 1 aromatic rings. The van der Waals surface area contributed by atoms with Crippen LogP contribution in [-0.2, 0) is 19.1 Å². The Morgan fingerprint density at radius 3 is 2.17 bits per heavy atom. The number of hydrogen-bond acceptors (Lipinski definition) is 6. The SMILES string of the molecule is CCOC(=O)C1CC=CC(CCN2C(=O)c3ccccc3C2=O)C1C(=O)OCC. The van der Waals surface area contributed by atoms with Crippen LogP contribution >= 0.6 is 0 Å². The molecule has 0 bridgehead atoms. The molecular formula is C22H25NO6. The maximum atomic E-state index is 12.6. The lowest BCUT2D eigenvalue weighted by molar-refractivity contribution is -0.162. The third kappa shape index (κ3) is 4.09. The summed E-state index contributed by atoms with van der Waals surface area (Å²) in [4.78, 5) is 51.4. The van der Waals surface area contributed by atoms with E-state index >= 15 is 0 Å². The molecule has 0 spiro atoms. The molecule has 1 aromatic carbocycles. The molecule has 7 heteroatoms. The largest absolute Gasteiger partial charge is 0.466 e. The number of nitrogens with zero attached hydrogens (tertiary/aromatic N) is 1. The zero-order valence-corrected chi connectivity index (χ0v) is 16.6. The Kier molecular flexibility index (Phi) is 6.46. The minimum atomic E-state index is -0.700. The minimum absolute atomic E-state index is 0.160. The number of carbonyl (C=O) groups excluding carboxylic acids is 4. The Balaban J connectivity index is 1.76. The minimum Gasteiger partial charge on any atom is -0.466 e. The van der Waals surface area contributed by atoms with Crippen molar-refractivity contribution >= 4 is 23.8 Å². The molecule has 154 valence electrons. The number of rotatable bonds is 7. The molecule has 1 aliphatic carbocycles. The van der Waals surface area contributed by atoms with Crippen molar-refractivity contribution in [2.24, 2.45) is 17.8 Å². The fourth-order valence-corrected chi connectivity index (χ4v) is 4.03. The molecule has 7 nitrogen and oxygen atoms in total. The van der Waals surface area contributed by atoms with E-state index in [0.29, 0.717) is 24.0 Å². The Bertz CT molecular complexity index is 810. The number of fused-ring (bicyclic) bond motifs is 1. The standard InChI is InChI=1S/C22H25NO6/c1-3-28-21(26)17-11-7-8-14(18(17)22(27)29-4-2)12-13-23-19(24)15-9-5-6-10-16(15)20(23)25/h5-10,14,17-18H,3-4,11-13H2,1-2H3. The highest BCUT2D eigenvalue weighted by molar-refractivity contribution is 6.21. The van der Waals surface area contributed by atoms with Gasteiger partial charge >= 0.3 is 11.9 Å². The van der Waals surface area contributed by atoms with Crippen LogP contribution in [0.5, 0.6) is 0 Å². The van der Waals surface area contributed by atoms with Gasteiger partial charge < -0.3 is 9.47 Å². The van der Waals surface area contributed by atoms with Gasteiger partial charge in [-0.25, -0.2) is 0 Å². The number of amides is 2. The molecule has 0 aromatic heterocycles. The van der Waals surface area contributed by atoms with Crippen LogP contribution in [-0.4, -0.2) is 48.4 Å². The van der Waals surface area contributed by atoms with Gasteiger partial charge in [0.25, 0.3) is 11.8 Å². The first-order chi connectivity index (χ1) is 14.0. The fraction of sp³-hybridized carbons (Fsp3) is 0.455. The molecule has 0 saturated heterocycles. The lowest BCUT2D eigenvalue weighted by Gasteiger charge is -2.32. The number of allylic oxidation sites excluding steroid dienone is 2. The van der Waals surface area contributed by atoms with E-state index in [9.17, 15) is 19.2 Å². The second-order valence-corrected chi connectivity index (χ2v) is 7.06. The average molecular weight is 399 g/mol. The first-order valence-electron chi connectivity index (χ1n) is 9.94. The molecule has 3 atom stereocenters. The van der Waals surface area contributed by atoms with Crippen molar-refractivity contribution in [2.45, 2.75) is 26.7 Å². The highest BCUT2D eigenvalue weighted by Gasteiger charge is 2.43. The second kappa shape index (κ2) is 9.03. The molecule has 0 saturated carbocycles. The number of ether oxygens (including phenoxy) is 2. The fourth-order valence-electron chi connectivity index (χ4n) is 4.03. The summed E-state index contributed by atoms with van der Waals surface area (Å²) in [6.45, 7) is 4.03. The van der Waals surface area contributed by atoms with Crippen molar-refractivity contribution in [3.8, 4) is 0 Å². The smallest absolute Gasteiger partial charge is 0.310 e. The second-order valence-electron chi connectivity index (χ2n) is 7.06. The molecule has 1 aliphatic heterocycles. The van der Waals surface area contributed by atoms with Gasteiger partial charge in [-0.15, -0.1) is 0 Å². The van der Waals surface area contributed by atoms with E-state index in [-0.39, 0.29) is 37.5 Å². The summed E-state index contributed by atoms with van der Waals surface area (Å²) in [6.07, 6.45) is 4.48. The zero-order chi connectivity index (χ0) is 21.0. The molecule has 2 aliphatic rings. The van der Waals surface area contributed by atoms with Crippen molar-refractivity contribution in [1.29, 1.82) is 0 Å². The molecule has 0 N–H and O–H groups in total. The topological polar surface area (TPSA) is 90.0 Å². The molecule has 3 rings (SSSR count). The number of imide groups is 1. The maximum Gasteiger partial charge on any atom is 0.310 e. The van der Waals surface area contributed by atoms with Gasteiger partial charge in [-0.2, -0.15) is 0 Å². The van der Waals surface area contributed by atoms with Gasteiger partial charge in [-0.3, -0.25) is 24.1 Å². The van der Waals surface area contributed by atoms with Crippen LogP contribution < -0.4 is 0 Å². The first-order valence-corrected chi connectivity index (χ1v) is 9.94. The zero-order valence-electron chi connectivity index (χ0n) is 16.6. The normalized spacial score (nSPS) is 23.1. The summed E-state index contributed by atoms with van der Waals surface area (Å²) in [7, 11) is 0. The third-order valence-corrected chi connectivity index (χ3v) is 5.38. The van der Waals surface area contributed by atoms with E-state index in [1.165, 1.54) is 4.90 Å². The number of esters is 2. The molecule has 0 radical (unpaired) electrons. The third-order valence-electron chi connectivity index (χ3n) is 5.38. The predicted molar refractivity (Wildman–Crippen MR) is 104 cm³/mol. The summed E-state index contributed by atoms with van der Waals surface area (Å²) >= 11 is 0. The van der Waals surface area contributed by atoms with Gasteiger partial charge in [0.15, 0.2) is 0 Å². The van der Waals surface area contributed by atoms with Gasteiger partial charge in [0.1, 0.15) is 0 Å². The molecule has 1 heterocycles. The van der Waals surface area contributed by atoms with Gasteiger partial charge in [0.05, 0.1) is 36.2 Å². The average Bonchev–Trinajstić information content (AvgIpc) is 2.97. The van der Waals surface area contributed by atoms with Crippen LogP contribution in [0.1, 0.15) is 47.4 Å². The van der Waals surface area contributed by atoms with Crippen molar-refractivity contribution in [3.63, 3.8) is 0 Å². The number of benzene rings is 1. The Labute approximate surface area is 169 Å². The van der Waals surface area contributed by atoms with Crippen LogP contribution in [0.15, 0.2) is 36.4 Å². The van der Waals surface area contributed by atoms with Crippen molar-refractivity contribution in [2.75, 3.05) is 19.8 Å². The summed E-state index contributed by atoms with van der Waals surface area (Å²) < 4.78 is 10.4. The van der Waals surface area contributed by atoms with Gasteiger partial charge in [-0.1, -0.05) is 24.3 Å². The van der Waals surface area contributed by atoms with E-state index in [1.807, 2.05) is 12.2 Å². The van der Waals surface area contributed by atoms with Crippen LogP contribution in [0, 0.1) is 17.8 Å². The van der Waals surface area contributed by atoms with E-state index in [1.54, 1.807) is 38.1 Å².